The summed E-state index contributed by atoms with van der Waals surface area (Å²) >= 11 is 1.98. The Bertz CT molecular complexity index is 448. The van der Waals surface area contributed by atoms with Crippen molar-refractivity contribution in [1.29, 1.82) is 0 Å². The van der Waals surface area contributed by atoms with Crippen LogP contribution in [0.4, 0.5) is 0 Å². The van der Waals surface area contributed by atoms with Crippen LogP contribution in [0.15, 0.2) is 6.07 Å². The van der Waals surface area contributed by atoms with Gasteiger partial charge in [-0.2, -0.15) is 11.8 Å². The molecule has 2 atom stereocenters. The molecule has 1 aliphatic heterocycles. The summed E-state index contributed by atoms with van der Waals surface area (Å²) in [6.45, 7) is 4.40. The van der Waals surface area contributed by atoms with E-state index in [9.17, 15) is 0 Å². The van der Waals surface area contributed by atoms with Gasteiger partial charge in [0.25, 0.3) is 0 Å². The van der Waals surface area contributed by atoms with Gasteiger partial charge in [0.05, 0.1) is 14.2 Å². The predicted octanol–water partition coefficient (Wildman–Crippen LogP) is 2.91. The molecule has 100 valence electrons. The Morgan fingerprint density at radius 2 is 2.06 bits per heavy atom. The van der Waals surface area contributed by atoms with Crippen molar-refractivity contribution in [3.63, 3.8) is 0 Å². The minimum Gasteiger partial charge on any atom is -0.493 e. The van der Waals surface area contributed by atoms with Gasteiger partial charge in [0.15, 0.2) is 11.5 Å². The van der Waals surface area contributed by atoms with Crippen LogP contribution >= 0.6 is 11.8 Å². The fourth-order valence-electron chi connectivity index (χ4n) is 2.64. The highest BCUT2D eigenvalue weighted by Crippen LogP contribution is 2.47. The fourth-order valence-corrected chi connectivity index (χ4v) is 3.92. The molecule has 0 aromatic heterocycles. The highest BCUT2D eigenvalue weighted by Gasteiger charge is 2.31. The zero-order valence-electron chi connectivity index (χ0n) is 11.7. The zero-order chi connectivity index (χ0) is 13.3. The van der Waals surface area contributed by atoms with E-state index in [4.69, 9.17) is 9.47 Å². The molecule has 0 saturated heterocycles. The van der Waals surface area contributed by atoms with Gasteiger partial charge in [0.2, 0.25) is 0 Å². The first-order chi connectivity index (χ1) is 8.63. The second kappa shape index (κ2) is 5.41. The van der Waals surface area contributed by atoms with Crippen molar-refractivity contribution in [2.75, 3.05) is 21.3 Å². The van der Waals surface area contributed by atoms with Crippen LogP contribution < -0.4 is 14.8 Å². The molecule has 1 heterocycles. The standard InChI is InChI=1S/C14H21NO2S/c1-8-6-11(16-4)14(17-5)12-10(8)7-18-9(2)13(12)15-3/h6,9,13,15H,7H2,1-5H3. The van der Waals surface area contributed by atoms with Crippen molar-refractivity contribution in [3.8, 4) is 11.5 Å². The van der Waals surface area contributed by atoms with Crippen molar-refractivity contribution >= 4 is 11.8 Å². The summed E-state index contributed by atoms with van der Waals surface area (Å²) in [7, 11) is 5.41. The number of methoxy groups -OCH3 is 2. The Labute approximate surface area is 113 Å². The lowest BCUT2D eigenvalue weighted by atomic mass is 9.93. The molecule has 0 aliphatic carbocycles. The van der Waals surface area contributed by atoms with E-state index in [1.54, 1.807) is 14.2 Å². The normalized spacial score (nSPS) is 22.5. The summed E-state index contributed by atoms with van der Waals surface area (Å²) < 4.78 is 11.0. The average Bonchev–Trinajstić information content (AvgIpc) is 2.38. The molecular weight excluding hydrogens is 246 g/mol. The molecule has 0 radical (unpaired) electrons. The number of benzene rings is 1. The second-order valence-corrected chi connectivity index (χ2v) is 5.97. The molecule has 1 aliphatic rings. The largest absolute Gasteiger partial charge is 0.493 e. The van der Waals surface area contributed by atoms with E-state index in [1.807, 2.05) is 18.8 Å². The van der Waals surface area contributed by atoms with Gasteiger partial charge in [-0.05, 0) is 31.2 Å². The van der Waals surface area contributed by atoms with Crippen molar-refractivity contribution in [2.45, 2.75) is 30.9 Å². The molecular formula is C14H21NO2S. The molecule has 0 spiro atoms. The van der Waals surface area contributed by atoms with Crippen molar-refractivity contribution in [3.05, 3.63) is 22.8 Å². The molecule has 1 aromatic carbocycles. The lowest BCUT2D eigenvalue weighted by Crippen LogP contribution is -2.30. The quantitative estimate of drug-likeness (QED) is 0.912. The van der Waals surface area contributed by atoms with Gasteiger partial charge in [-0.3, -0.25) is 0 Å². The molecule has 18 heavy (non-hydrogen) atoms. The van der Waals surface area contributed by atoms with E-state index >= 15 is 0 Å². The summed E-state index contributed by atoms with van der Waals surface area (Å²) in [5.41, 5.74) is 3.93. The Morgan fingerprint density at radius 3 is 2.61 bits per heavy atom. The number of fused-ring (bicyclic) bond motifs is 1. The molecule has 3 nitrogen and oxygen atoms in total. The highest BCUT2D eigenvalue weighted by molar-refractivity contribution is 7.99. The zero-order valence-corrected chi connectivity index (χ0v) is 12.5. The van der Waals surface area contributed by atoms with E-state index in [0.717, 1.165) is 17.3 Å². The summed E-state index contributed by atoms with van der Waals surface area (Å²) in [5.74, 6) is 2.75. The first-order valence-electron chi connectivity index (χ1n) is 6.17. The summed E-state index contributed by atoms with van der Waals surface area (Å²) in [4.78, 5) is 0. The molecule has 0 amide bonds. The first kappa shape index (κ1) is 13.6. The summed E-state index contributed by atoms with van der Waals surface area (Å²) in [6.07, 6.45) is 0. The van der Waals surface area contributed by atoms with Crippen molar-refractivity contribution < 1.29 is 9.47 Å². The molecule has 2 rings (SSSR count). The second-order valence-electron chi connectivity index (χ2n) is 4.60. The average molecular weight is 267 g/mol. The third kappa shape index (κ3) is 2.08. The van der Waals surface area contributed by atoms with E-state index in [-0.39, 0.29) is 0 Å². The lowest BCUT2D eigenvalue weighted by molar-refractivity contribution is 0.346. The molecule has 4 heteroatoms. The Balaban J connectivity index is 2.66. The van der Waals surface area contributed by atoms with Crippen molar-refractivity contribution in [1.82, 2.24) is 5.32 Å². The number of aryl methyl sites for hydroxylation is 1. The topological polar surface area (TPSA) is 30.5 Å². The molecule has 0 fully saturated rings. The van der Waals surface area contributed by atoms with Crippen molar-refractivity contribution in [2.24, 2.45) is 0 Å². The monoisotopic (exact) mass is 267 g/mol. The SMILES string of the molecule is CNC1c2c(c(C)cc(OC)c2OC)CSC1C. The highest BCUT2D eigenvalue weighted by atomic mass is 32.2. The van der Waals surface area contributed by atoms with E-state index in [1.165, 1.54) is 16.7 Å². The molecule has 0 saturated carbocycles. The van der Waals surface area contributed by atoms with Crippen LogP contribution in [-0.2, 0) is 5.75 Å². The van der Waals surface area contributed by atoms with Gasteiger partial charge in [-0.25, -0.2) is 0 Å². The lowest BCUT2D eigenvalue weighted by Gasteiger charge is -2.33. The Morgan fingerprint density at radius 1 is 1.33 bits per heavy atom. The Hall–Kier alpha value is -0.870. The maximum atomic E-state index is 5.60. The molecule has 1 N–H and O–H groups in total. The maximum absolute atomic E-state index is 5.60. The number of hydrogen-bond donors (Lipinski definition) is 1. The van der Waals surface area contributed by atoms with Crippen LogP contribution in [0.1, 0.15) is 29.7 Å². The van der Waals surface area contributed by atoms with E-state index in [2.05, 4.69) is 25.2 Å². The third-order valence-corrected chi connectivity index (χ3v) is 4.88. The summed E-state index contributed by atoms with van der Waals surface area (Å²) in [6, 6.07) is 2.38. The predicted molar refractivity (Wildman–Crippen MR) is 76.8 cm³/mol. The van der Waals surface area contributed by atoms with Gasteiger partial charge in [0, 0.05) is 22.6 Å². The van der Waals surface area contributed by atoms with Gasteiger partial charge in [-0.15, -0.1) is 0 Å². The minimum atomic E-state index is 0.308. The van der Waals surface area contributed by atoms with E-state index < -0.39 is 0 Å². The van der Waals surface area contributed by atoms with Gasteiger partial charge >= 0.3 is 0 Å². The van der Waals surface area contributed by atoms with Crippen LogP contribution in [0.2, 0.25) is 0 Å². The number of hydrogen-bond acceptors (Lipinski definition) is 4. The van der Waals surface area contributed by atoms with Gasteiger partial charge in [0.1, 0.15) is 0 Å². The number of nitrogens with one attached hydrogen (secondary N) is 1. The van der Waals surface area contributed by atoms with Gasteiger partial charge in [-0.1, -0.05) is 6.92 Å². The molecule has 2 unspecified atom stereocenters. The summed E-state index contributed by atoms with van der Waals surface area (Å²) in [5, 5.41) is 3.94. The molecule has 1 aromatic rings. The fraction of sp³-hybridized carbons (Fsp3) is 0.571. The minimum absolute atomic E-state index is 0.308. The first-order valence-corrected chi connectivity index (χ1v) is 7.22. The Kier molecular flexibility index (Phi) is 4.07. The van der Waals surface area contributed by atoms with Crippen LogP contribution in [-0.4, -0.2) is 26.5 Å². The smallest absolute Gasteiger partial charge is 0.165 e. The molecule has 0 bridgehead atoms. The van der Waals surface area contributed by atoms with Crippen LogP contribution in [0.25, 0.3) is 0 Å². The number of thioether (sulfide) groups is 1. The number of ether oxygens (including phenoxy) is 2. The van der Waals surface area contributed by atoms with Crippen LogP contribution in [0, 0.1) is 6.92 Å². The van der Waals surface area contributed by atoms with Gasteiger partial charge < -0.3 is 14.8 Å². The van der Waals surface area contributed by atoms with E-state index in [0.29, 0.717) is 11.3 Å². The van der Waals surface area contributed by atoms with Crippen LogP contribution in [0.3, 0.4) is 0 Å². The third-order valence-electron chi connectivity index (χ3n) is 3.62. The van der Waals surface area contributed by atoms with Crippen LogP contribution in [0.5, 0.6) is 11.5 Å². The maximum Gasteiger partial charge on any atom is 0.165 e. The number of rotatable bonds is 3.